The minimum absolute atomic E-state index is 0.499. The Kier molecular flexibility index (Phi) is 3.05. The second-order valence-corrected chi connectivity index (χ2v) is 4.68. The van der Waals surface area contributed by atoms with Crippen molar-refractivity contribution in [3.8, 4) is 22.8 Å². The van der Waals surface area contributed by atoms with Gasteiger partial charge in [0.15, 0.2) is 0 Å². The van der Waals surface area contributed by atoms with E-state index in [4.69, 9.17) is 16.1 Å². The minimum Gasteiger partial charge on any atom is -0.334 e. The van der Waals surface area contributed by atoms with E-state index in [1.165, 1.54) is 0 Å². The van der Waals surface area contributed by atoms with Crippen LogP contribution in [0.4, 0.5) is 0 Å². The fraction of sp³-hybridized carbons (Fsp3) is 0.0667. The maximum absolute atomic E-state index is 6.12. The van der Waals surface area contributed by atoms with Crippen molar-refractivity contribution in [2.75, 3.05) is 0 Å². The zero-order valence-corrected chi connectivity index (χ0v) is 11.1. The molecule has 0 fully saturated rings. The van der Waals surface area contributed by atoms with Gasteiger partial charge < -0.3 is 4.52 Å². The number of halogens is 1. The molecule has 0 aliphatic heterocycles. The molecule has 1 aromatic heterocycles. The predicted molar refractivity (Wildman–Crippen MR) is 74.9 cm³/mol. The highest BCUT2D eigenvalue weighted by Gasteiger charge is 2.12. The van der Waals surface area contributed by atoms with Gasteiger partial charge in [0, 0.05) is 11.1 Å². The molecule has 0 radical (unpaired) electrons. The summed E-state index contributed by atoms with van der Waals surface area (Å²) < 4.78 is 5.30. The molecule has 4 heteroatoms. The fourth-order valence-electron chi connectivity index (χ4n) is 1.87. The molecule has 3 aromatic rings. The molecule has 3 nitrogen and oxygen atoms in total. The van der Waals surface area contributed by atoms with Crippen molar-refractivity contribution in [3.05, 3.63) is 59.1 Å². The van der Waals surface area contributed by atoms with Crippen molar-refractivity contribution < 1.29 is 4.52 Å². The Morgan fingerprint density at radius 3 is 2.68 bits per heavy atom. The van der Waals surface area contributed by atoms with Crippen molar-refractivity contribution in [2.24, 2.45) is 0 Å². The van der Waals surface area contributed by atoms with Crippen molar-refractivity contribution >= 4 is 11.6 Å². The molecule has 0 atom stereocenters. The van der Waals surface area contributed by atoms with Crippen LogP contribution in [0.1, 0.15) is 5.56 Å². The van der Waals surface area contributed by atoms with E-state index >= 15 is 0 Å². The Balaban J connectivity index is 2.03. The average Bonchev–Trinajstić information content (AvgIpc) is 2.89. The highest BCUT2D eigenvalue weighted by molar-refractivity contribution is 6.33. The van der Waals surface area contributed by atoms with Crippen LogP contribution in [0.5, 0.6) is 0 Å². The number of rotatable bonds is 2. The number of nitrogens with zero attached hydrogens (tertiary/aromatic N) is 2. The van der Waals surface area contributed by atoms with Gasteiger partial charge in [-0.15, -0.1) is 0 Å². The van der Waals surface area contributed by atoms with Crippen LogP contribution in [0.25, 0.3) is 22.8 Å². The molecule has 0 spiro atoms. The first-order valence-corrected chi connectivity index (χ1v) is 6.27. The molecule has 19 heavy (non-hydrogen) atoms. The number of benzene rings is 2. The Morgan fingerprint density at radius 2 is 1.89 bits per heavy atom. The SMILES string of the molecule is Cc1cccc(-c2nc(-c3ccccc3Cl)no2)c1. The van der Waals surface area contributed by atoms with Crippen LogP contribution in [-0.4, -0.2) is 10.1 Å². The maximum Gasteiger partial charge on any atom is 0.258 e. The third-order valence-corrected chi connectivity index (χ3v) is 3.14. The molecule has 0 saturated carbocycles. The predicted octanol–water partition coefficient (Wildman–Crippen LogP) is 4.37. The van der Waals surface area contributed by atoms with E-state index in [0.29, 0.717) is 16.7 Å². The molecule has 0 aliphatic carbocycles. The molecule has 0 aliphatic rings. The quantitative estimate of drug-likeness (QED) is 0.694. The van der Waals surface area contributed by atoms with Crippen LogP contribution in [0.2, 0.25) is 5.02 Å². The van der Waals surface area contributed by atoms with Crippen molar-refractivity contribution in [1.82, 2.24) is 10.1 Å². The molecule has 0 N–H and O–H groups in total. The van der Waals surface area contributed by atoms with Gasteiger partial charge in [-0.25, -0.2) is 0 Å². The summed E-state index contributed by atoms with van der Waals surface area (Å²) in [6, 6.07) is 15.4. The first-order chi connectivity index (χ1) is 9.24. The summed E-state index contributed by atoms with van der Waals surface area (Å²) in [7, 11) is 0. The van der Waals surface area contributed by atoms with Crippen LogP contribution in [-0.2, 0) is 0 Å². The normalized spacial score (nSPS) is 10.6. The lowest BCUT2D eigenvalue weighted by Crippen LogP contribution is -1.82. The van der Waals surface area contributed by atoms with Gasteiger partial charge in [0.25, 0.3) is 5.89 Å². The van der Waals surface area contributed by atoms with Crippen molar-refractivity contribution in [2.45, 2.75) is 6.92 Å². The van der Waals surface area contributed by atoms with E-state index in [1.807, 2.05) is 49.4 Å². The topological polar surface area (TPSA) is 38.9 Å². The lowest BCUT2D eigenvalue weighted by atomic mass is 10.1. The smallest absolute Gasteiger partial charge is 0.258 e. The van der Waals surface area contributed by atoms with Crippen molar-refractivity contribution in [3.63, 3.8) is 0 Å². The highest BCUT2D eigenvalue weighted by atomic mass is 35.5. The Labute approximate surface area is 115 Å². The molecule has 94 valence electrons. The second-order valence-electron chi connectivity index (χ2n) is 4.27. The lowest BCUT2D eigenvalue weighted by molar-refractivity contribution is 0.432. The van der Waals surface area contributed by atoms with Gasteiger partial charge in [-0.05, 0) is 31.2 Å². The molecule has 2 aromatic carbocycles. The number of aryl methyl sites for hydroxylation is 1. The van der Waals surface area contributed by atoms with Crippen LogP contribution < -0.4 is 0 Å². The molecule has 0 bridgehead atoms. The van der Waals surface area contributed by atoms with E-state index < -0.39 is 0 Å². The molecule has 3 rings (SSSR count). The molecule has 1 heterocycles. The van der Waals surface area contributed by atoms with Gasteiger partial charge in [0.2, 0.25) is 5.82 Å². The number of hydrogen-bond donors (Lipinski definition) is 0. The van der Waals surface area contributed by atoms with Crippen LogP contribution in [0.3, 0.4) is 0 Å². The van der Waals surface area contributed by atoms with E-state index in [2.05, 4.69) is 10.1 Å². The minimum atomic E-state index is 0.499. The molecule has 0 saturated heterocycles. The number of aromatic nitrogens is 2. The first kappa shape index (κ1) is 11.9. The summed E-state index contributed by atoms with van der Waals surface area (Å²) in [5, 5.41) is 4.59. The molecule has 0 amide bonds. The summed E-state index contributed by atoms with van der Waals surface area (Å²) in [6.07, 6.45) is 0. The van der Waals surface area contributed by atoms with Gasteiger partial charge in [-0.2, -0.15) is 4.98 Å². The van der Waals surface area contributed by atoms with Gasteiger partial charge in [0.1, 0.15) is 0 Å². The van der Waals surface area contributed by atoms with Crippen molar-refractivity contribution in [1.29, 1.82) is 0 Å². The van der Waals surface area contributed by atoms with E-state index in [9.17, 15) is 0 Å². The summed E-state index contributed by atoms with van der Waals surface area (Å²) in [5.74, 6) is 1.00. The number of hydrogen-bond acceptors (Lipinski definition) is 3. The summed E-state index contributed by atoms with van der Waals surface area (Å²) in [6.45, 7) is 2.02. The standard InChI is InChI=1S/C15H11ClN2O/c1-10-5-4-6-11(9-10)15-17-14(18-19-15)12-7-2-3-8-13(12)16/h2-9H,1H3. The van der Waals surface area contributed by atoms with Gasteiger partial charge in [-0.1, -0.05) is 46.6 Å². The van der Waals surface area contributed by atoms with E-state index in [-0.39, 0.29) is 0 Å². The summed E-state index contributed by atoms with van der Waals surface area (Å²) in [5.41, 5.74) is 2.83. The largest absolute Gasteiger partial charge is 0.334 e. The summed E-state index contributed by atoms with van der Waals surface area (Å²) in [4.78, 5) is 4.39. The Morgan fingerprint density at radius 1 is 1.05 bits per heavy atom. The van der Waals surface area contributed by atoms with Crippen LogP contribution >= 0.6 is 11.6 Å². The first-order valence-electron chi connectivity index (χ1n) is 5.90. The van der Waals surface area contributed by atoms with E-state index in [1.54, 1.807) is 6.07 Å². The highest BCUT2D eigenvalue weighted by Crippen LogP contribution is 2.27. The zero-order valence-electron chi connectivity index (χ0n) is 10.3. The Bertz CT molecular complexity index is 721. The van der Waals surface area contributed by atoms with Gasteiger partial charge in [-0.3, -0.25) is 0 Å². The maximum atomic E-state index is 6.12. The molecule has 0 unspecified atom stereocenters. The molecular formula is C15H11ClN2O. The van der Waals surface area contributed by atoms with Gasteiger partial charge in [0.05, 0.1) is 5.02 Å². The fourth-order valence-corrected chi connectivity index (χ4v) is 2.09. The lowest BCUT2D eigenvalue weighted by Gasteiger charge is -1.96. The van der Waals surface area contributed by atoms with Crippen LogP contribution in [0.15, 0.2) is 53.1 Å². The average molecular weight is 271 g/mol. The monoisotopic (exact) mass is 270 g/mol. The van der Waals surface area contributed by atoms with Gasteiger partial charge >= 0.3 is 0 Å². The third-order valence-electron chi connectivity index (χ3n) is 2.81. The summed E-state index contributed by atoms with van der Waals surface area (Å²) >= 11 is 6.12. The molecular weight excluding hydrogens is 260 g/mol. The van der Waals surface area contributed by atoms with E-state index in [0.717, 1.165) is 16.7 Å². The zero-order chi connectivity index (χ0) is 13.2. The Hall–Kier alpha value is -2.13. The second kappa shape index (κ2) is 4.86. The van der Waals surface area contributed by atoms with Crippen LogP contribution in [0, 0.1) is 6.92 Å². The third kappa shape index (κ3) is 2.37.